The fraction of sp³-hybridized carbons (Fsp3) is 0.562. The zero-order valence-electron chi connectivity index (χ0n) is 12.3. The van der Waals surface area contributed by atoms with Crippen molar-refractivity contribution < 1.29 is 9.90 Å². The third-order valence-electron chi connectivity index (χ3n) is 4.68. The second-order valence-electron chi connectivity index (χ2n) is 6.04. The summed E-state index contributed by atoms with van der Waals surface area (Å²) in [4.78, 5) is 16.9. The lowest BCUT2D eigenvalue weighted by atomic mass is 10.0. The van der Waals surface area contributed by atoms with Crippen LogP contribution in [0.25, 0.3) is 0 Å². The molecule has 0 saturated carbocycles. The maximum absolute atomic E-state index is 12.5. The molecule has 0 radical (unpaired) electrons. The third kappa shape index (κ3) is 2.97. The number of aromatic hydroxyl groups is 1. The molecular weight excluding hydrogens is 266 g/mol. The van der Waals surface area contributed by atoms with Crippen LogP contribution >= 0.6 is 0 Å². The molecule has 2 fully saturated rings. The number of nitrogen functional groups attached to an aromatic ring is 1. The molecule has 1 amide bonds. The largest absolute Gasteiger partial charge is 0.508 e. The number of nitrogens with two attached hydrogens (primary N) is 1. The highest BCUT2D eigenvalue weighted by Crippen LogP contribution is 2.24. The van der Waals surface area contributed by atoms with Crippen molar-refractivity contribution in [3.63, 3.8) is 0 Å². The Bertz CT molecular complexity index is 518. The summed E-state index contributed by atoms with van der Waals surface area (Å²) in [6, 6.07) is 5.17. The minimum Gasteiger partial charge on any atom is -0.508 e. The number of carbonyl (C=O) groups excluding carboxylic acids is 1. The zero-order chi connectivity index (χ0) is 14.8. The summed E-state index contributed by atoms with van der Waals surface area (Å²) in [5.74, 6) is 0.0165. The number of phenols is 1. The second kappa shape index (κ2) is 5.93. The highest BCUT2D eigenvalue weighted by Gasteiger charge is 2.29. The van der Waals surface area contributed by atoms with Crippen molar-refractivity contribution in [2.45, 2.75) is 31.7 Å². The number of anilines is 1. The van der Waals surface area contributed by atoms with Crippen LogP contribution in [0.2, 0.25) is 0 Å². The molecule has 3 N–H and O–H groups in total. The summed E-state index contributed by atoms with van der Waals surface area (Å²) in [5, 5.41) is 9.54. The summed E-state index contributed by atoms with van der Waals surface area (Å²) >= 11 is 0. The minimum absolute atomic E-state index is 0.0664. The quantitative estimate of drug-likeness (QED) is 0.642. The highest BCUT2D eigenvalue weighted by atomic mass is 16.3. The van der Waals surface area contributed by atoms with Crippen LogP contribution in [0.4, 0.5) is 5.69 Å². The van der Waals surface area contributed by atoms with Gasteiger partial charge in [-0.15, -0.1) is 0 Å². The maximum Gasteiger partial charge on any atom is 0.256 e. The highest BCUT2D eigenvalue weighted by molar-refractivity contribution is 5.99. The van der Waals surface area contributed by atoms with Gasteiger partial charge in [-0.25, -0.2) is 0 Å². The molecule has 0 spiro atoms. The molecule has 0 unspecified atom stereocenters. The van der Waals surface area contributed by atoms with E-state index in [0.29, 0.717) is 17.3 Å². The number of phenolic OH excluding ortho intramolecular Hbond substituents is 1. The molecule has 5 nitrogen and oxygen atoms in total. The lowest BCUT2D eigenvalue weighted by Gasteiger charge is -2.36. The monoisotopic (exact) mass is 289 g/mol. The number of carbonyl (C=O) groups is 1. The molecule has 5 heteroatoms. The molecule has 114 valence electrons. The molecule has 2 aliphatic rings. The summed E-state index contributed by atoms with van der Waals surface area (Å²) in [7, 11) is 0. The predicted octanol–water partition coefficient (Wildman–Crippen LogP) is 1.67. The molecule has 21 heavy (non-hydrogen) atoms. The number of amides is 1. The van der Waals surface area contributed by atoms with Gasteiger partial charge in [0.25, 0.3) is 5.91 Å². The van der Waals surface area contributed by atoms with E-state index in [-0.39, 0.29) is 11.7 Å². The van der Waals surface area contributed by atoms with Crippen molar-refractivity contribution in [3.8, 4) is 5.75 Å². The van der Waals surface area contributed by atoms with Crippen LogP contribution in [0.3, 0.4) is 0 Å². The van der Waals surface area contributed by atoms with Crippen molar-refractivity contribution in [3.05, 3.63) is 23.8 Å². The average Bonchev–Trinajstić information content (AvgIpc) is 3.03. The first-order valence-electron chi connectivity index (χ1n) is 7.77. The predicted molar refractivity (Wildman–Crippen MR) is 82.3 cm³/mol. The van der Waals surface area contributed by atoms with Crippen LogP contribution in [-0.4, -0.2) is 53.0 Å². The Morgan fingerprint density at radius 3 is 2.48 bits per heavy atom. The van der Waals surface area contributed by atoms with Crippen molar-refractivity contribution >= 4 is 11.6 Å². The lowest BCUT2D eigenvalue weighted by Crippen LogP contribution is -2.46. The van der Waals surface area contributed by atoms with E-state index in [0.717, 1.165) is 25.9 Å². The SMILES string of the molecule is Nc1ccc(O)cc1C(=O)N1CCC(N2CCCC2)CC1. The fourth-order valence-electron chi connectivity index (χ4n) is 3.44. The standard InChI is InChI=1S/C16H23N3O2/c17-15-4-3-13(20)11-14(15)16(21)19-9-5-12(6-10-19)18-7-1-2-8-18/h3-4,11-12,20H,1-2,5-10,17H2. The van der Waals surface area contributed by atoms with Crippen LogP contribution in [0.1, 0.15) is 36.0 Å². The summed E-state index contributed by atoms with van der Waals surface area (Å²) in [5.41, 5.74) is 6.70. The number of hydrogen-bond acceptors (Lipinski definition) is 4. The van der Waals surface area contributed by atoms with Gasteiger partial charge in [-0.2, -0.15) is 0 Å². The lowest BCUT2D eigenvalue weighted by molar-refractivity contribution is 0.0645. The Kier molecular flexibility index (Phi) is 4.01. The van der Waals surface area contributed by atoms with Crippen molar-refractivity contribution in [2.75, 3.05) is 31.9 Å². The van der Waals surface area contributed by atoms with Gasteiger partial charge in [-0.1, -0.05) is 0 Å². The second-order valence-corrected chi connectivity index (χ2v) is 6.04. The van der Waals surface area contributed by atoms with E-state index in [4.69, 9.17) is 5.73 Å². The van der Waals surface area contributed by atoms with E-state index >= 15 is 0 Å². The number of hydrogen-bond donors (Lipinski definition) is 2. The number of benzene rings is 1. The van der Waals surface area contributed by atoms with Gasteiger partial charge in [0.1, 0.15) is 5.75 Å². The van der Waals surface area contributed by atoms with Crippen LogP contribution < -0.4 is 5.73 Å². The molecule has 0 aromatic heterocycles. The Morgan fingerprint density at radius 2 is 1.81 bits per heavy atom. The van der Waals surface area contributed by atoms with E-state index in [1.54, 1.807) is 6.07 Å². The van der Waals surface area contributed by atoms with Crippen LogP contribution in [0.5, 0.6) is 5.75 Å². The van der Waals surface area contributed by atoms with E-state index < -0.39 is 0 Å². The zero-order valence-corrected chi connectivity index (χ0v) is 12.3. The van der Waals surface area contributed by atoms with E-state index in [1.807, 2.05) is 4.90 Å². The van der Waals surface area contributed by atoms with Gasteiger partial charge in [0, 0.05) is 24.8 Å². The number of likely N-dealkylation sites (tertiary alicyclic amines) is 2. The Balaban J connectivity index is 1.63. The van der Waals surface area contributed by atoms with Gasteiger partial charge in [0.15, 0.2) is 0 Å². The van der Waals surface area contributed by atoms with Crippen LogP contribution in [0.15, 0.2) is 18.2 Å². The van der Waals surface area contributed by atoms with Gasteiger partial charge < -0.3 is 20.6 Å². The van der Waals surface area contributed by atoms with Crippen molar-refractivity contribution in [1.29, 1.82) is 0 Å². The molecular formula is C16H23N3O2. The van der Waals surface area contributed by atoms with Crippen LogP contribution in [0, 0.1) is 0 Å². The molecule has 2 heterocycles. The summed E-state index contributed by atoms with van der Waals surface area (Å²) in [6.07, 6.45) is 4.67. The normalized spacial score (nSPS) is 20.9. The topological polar surface area (TPSA) is 69.8 Å². The van der Waals surface area contributed by atoms with Gasteiger partial charge in [-0.3, -0.25) is 4.79 Å². The number of piperidine rings is 1. The molecule has 1 aromatic carbocycles. The van der Waals surface area contributed by atoms with E-state index in [1.165, 1.54) is 38.1 Å². The van der Waals surface area contributed by atoms with Gasteiger partial charge in [0.2, 0.25) is 0 Å². The molecule has 3 rings (SSSR count). The van der Waals surface area contributed by atoms with Crippen LogP contribution in [-0.2, 0) is 0 Å². The first kappa shape index (κ1) is 14.2. The maximum atomic E-state index is 12.5. The first-order valence-corrected chi connectivity index (χ1v) is 7.77. The molecule has 0 atom stereocenters. The Morgan fingerprint density at radius 1 is 1.14 bits per heavy atom. The molecule has 0 aliphatic carbocycles. The summed E-state index contributed by atoms with van der Waals surface area (Å²) < 4.78 is 0. The van der Waals surface area contributed by atoms with Crippen molar-refractivity contribution in [2.24, 2.45) is 0 Å². The van der Waals surface area contributed by atoms with Gasteiger partial charge >= 0.3 is 0 Å². The Hall–Kier alpha value is -1.75. The molecule has 0 bridgehead atoms. The number of rotatable bonds is 2. The van der Waals surface area contributed by atoms with Gasteiger partial charge in [0.05, 0.1) is 5.56 Å². The average molecular weight is 289 g/mol. The molecule has 2 aliphatic heterocycles. The minimum atomic E-state index is -0.0664. The Labute approximate surface area is 125 Å². The third-order valence-corrected chi connectivity index (χ3v) is 4.68. The van der Waals surface area contributed by atoms with Crippen molar-refractivity contribution in [1.82, 2.24) is 9.80 Å². The van der Waals surface area contributed by atoms with Gasteiger partial charge in [-0.05, 0) is 57.0 Å². The molecule has 2 saturated heterocycles. The fourth-order valence-corrected chi connectivity index (χ4v) is 3.44. The smallest absolute Gasteiger partial charge is 0.256 e. The summed E-state index contributed by atoms with van der Waals surface area (Å²) in [6.45, 7) is 3.96. The van der Waals surface area contributed by atoms with E-state index in [9.17, 15) is 9.90 Å². The first-order chi connectivity index (χ1) is 10.1. The molecule has 1 aromatic rings. The number of nitrogens with zero attached hydrogens (tertiary/aromatic N) is 2. The van der Waals surface area contributed by atoms with E-state index in [2.05, 4.69) is 4.90 Å².